The maximum atomic E-state index is 5.00. The highest BCUT2D eigenvalue weighted by molar-refractivity contribution is 5.96. The lowest BCUT2D eigenvalue weighted by Crippen LogP contribution is -2.46. The lowest BCUT2D eigenvalue weighted by atomic mass is 10.00. The lowest BCUT2D eigenvalue weighted by Gasteiger charge is -2.35. The van der Waals surface area contributed by atoms with Crippen molar-refractivity contribution in [2.24, 2.45) is 0 Å². The summed E-state index contributed by atoms with van der Waals surface area (Å²) >= 11 is 0. The first-order chi connectivity index (χ1) is 13.2. The summed E-state index contributed by atoms with van der Waals surface area (Å²) in [6.45, 7) is 10.0. The Morgan fingerprint density at radius 2 is 1.67 bits per heavy atom. The van der Waals surface area contributed by atoms with Gasteiger partial charge in [0.1, 0.15) is 5.82 Å². The van der Waals surface area contributed by atoms with Crippen molar-refractivity contribution in [2.45, 2.75) is 26.7 Å². The zero-order valence-electron chi connectivity index (χ0n) is 16.5. The van der Waals surface area contributed by atoms with Crippen LogP contribution in [0, 0.1) is 6.92 Å². The third kappa shape index (κ3) is 3.98. The number of piperazine rings is 1. The molecule has 1 aliphatic rings. The maximum absolute atomic E-state index is 5.00. The minimum Gasteiger partial charge on any atom is -0.354 e. The van der Waals surface area contributed by atoms with Crippen molar-refractivity contribution in [1.82, 2.24) is 9.88 Å². The van der Waals surface area contributed by atoms with Crippen LogP contribution in [-0.4, -0.2) is 42.6 Å². The van der Waals surface area contributed by atoms with Gasteiger partial charge in [0.25, 0.3) is 0 Å². The second-order valence-corrected chi connectivity index (χ2v) is 7.59. The summed E-state index contributed by atoms with van der Waals surface area (Å²) in [4.78, 5) is 10.0. The van der Waals surface area contributed by atoms with E-state index in [1.807, 2.05) is 0 Å². The Morgan fingerprint density at radius 1 is 0.926 bits per heavy atom. The monoisotopic (exact) mass is 359 g/mol. The Bertz CT molecular complexity index is 893. The van der Waals surface area contributed by atoms with Crippen molar-refractivity contribution in [2.75, 3.05) is 37.6 Å². The van der Waals surface area contributed by atoms with Gasteiger partial charge >= 0.3 is 0 Å². The highest BCUT2D eigenvalue weighted by atomic mass is 15.3. The number of hydrogen-bond donors (Lipinski definition) is 0. The smallest absolute Gasteiger partial charge is 0.129 e. The number of rotatable bonds is 5. The standard InChI is InChI=1S/C24H29N3/c1-3-4-13-26-14-16-27(17-15-26)24-18-22(20-11-9-19(2)10-12-20)21-7-5-6-8-23(21)25-24/h5-12,18H,3-4,13-17H2,1-2H3. The Labute approximate surface area is 162 Å². The molecule has 3 nitrogen and oxygen atoms in total. The second kappa shape index (κ2) is 8.10. The molecular formula is C24H29N3. The van der Waals surface area contributed by atoms with E-state index >= 15 is 0 Å². The van der Waals surface area contributed by atoms with Crippen LogP contribution in [0.2, 0.25) is 0 Å². The molecule has 0 spiro atoms. The summed E-state index contributed by atoms with van der Waals surface area (Å²) in [6, 6.07) is 19.6. The Hall–Kier alpha value is -2.39. The molecule has 0 bridgehead atoms. The average molecular weight is 360 g/mol. The second-order valence-electron chi connectivity index (χ2n) is 7.59. The van der Waals surface area contributed by atoms with Crippen molar-refractivity contribution in [1.29, 1.82) is 0 Å². The van der Waals surface area contributed by atoms with Gasteiger partial charge in [0.05, 0.1) is 5.52 Å². The predicted octanol–water partition coefficient (Wildman–Crippen LogP) is 5.13. The van der Waals surface area contributed by atoms with Gasteiger partial charge in [0, 0.05) is 31.6 Å². The number of unbranched alkanes of at least 4 members (excludes halogenated alkanes) is 1. The first kappa shape index (κ1) is 18.0. The lowest BCUT2D eigenvalue weighted by molar-refractivity contribution is 0.254. The fourth-order valence-electron chi connectivity index (χ4n) is 3.88. The minimum atomic E-state index is 1.06. The number of benzene rings is 2. The van der Waals surface area contributed by atoms with Gasteiger partial charge < -0.3 is 4.90 Å². The summed E-state index contributed by atoms with van der Waals surface area (Å²) in [5.41, 5.74) is 4.92. The molecule has 1 saturated heterocycles. The molecule has 2 heterocycles. The molecule has 27 heavy (non-hydrogen) atoms. The van der Waals surface area contributed by atoms with E-state index in [4.69, 9.17) is 4.98 Å². The summed E-state index contributed by atoms with van der Waals surface area (Å²) in [5.74, 6) is 1.11. The van der Waals surface area contributed by atoms with E-state index in [0.717, 1.165) is 37.5 Å². The van der Waals surface area contributed by atoms with Crippen LogP contribution in [0.15, 0.2) is 54.6 Å². The molecule has 4 rings (SSSR count). The Kier molecular flexibility index (Phi) is 5.40. The maximum Gasteiger partial charge on any atom is 0.129 e. The van der Waals surface area contributed by atoms with Crippen molar-refractivity contribution in [3.05, 3.63) is 60.2 Å². The largest absolute Gasteiger partial charge is 0.354 e. The Morgan fingerprint density at radius 3 is 2.41 bits per heavy atom. The van der Waals surface area contributed by atoms with Gasteiger partial charge in [0.2, 0.25) is 0 Å². The first-order valence-corrected chi connectivity index (χ1v) is 10.2. The van der Waals surface area contributed by atoms with E-state index in [9.17, 15) is 0 Å². The molecule has 0 unspecified atom stereocenters. The molecule has 140 valence electrons. The summed E-state index contributed by atoms with van der Waals surface area (Å²) < 4.78 is 0. The zero-order valence-corrected chi connectivity index (χ0v) is 16.5. The quantitative estimate of drug-likeness (QED) is 0.629. The minimum absolute atomic E-state index is 1.06. The molecule has 1 fully saturated rings. The van der Waals surface area contributed by atoms with Crippen LogP contribution in [0.25, 0.3) is 22.0 Å². The van der Waals surface area contributed by atoms with Gasteiger partial charge in [-0.25, -0.2) is 4.98 Å². The van der Waals surface area contributed by atoms with Crippen LogP contribution in [0.3, 0.4) is 0 Å². The highest BCUT2D eigenvalue weighted by Gasteiger charge is 2.19. The molecule has 1 aliphatic heterocycles. The number of aryl methyl sites for hydroxylation is 1. The number of anilines is 1. The number of aromatic nitrogens is 1. The van der Waals surface area contributed by atoms with Crippen molar-refractivity contribution >= 4 is 16.7 Å². The molecule has 3 aromatic rings. The van der Waals surface area contributed by atoms with Gasteiger partial charge in [-0.2, -0.15) is 0 Å². The van der Waals surface area contributed by atoms with Gasteiger partial charge in [-0.15, -0.1) is 0 Å². The summed E-state index contributed by atoms with van der Waals surface area (Å²) in [6.07, 6.45) is 2.57. The average Bonchev–Trinajstić information content (AvgIpc) is 2.72. The number of para-hydroxylation sites is 1. The van der Waals surface area contributed by atoms with Gasteiger partial charge in [-0.05, 0) is 43.1 Å². The van der Waals surface area contributed by atoms with E-state index in [1.54, 1.807) is 0 Å². The van der Waals surface area contributed by atoms with Gasteiger partial charge in [-0.1, -0.05) is 61.4 Å². The van der Waals surface area contributed by atoms with Crippen LogP contribution in [0.1, 0.15) is 25.3 Å². The topological polar surface area (TPSA) is 19.4 Å². The van der Waals surface area contributed by atoms with Crippen molar-refractivity contribution in [3.63, 3.8) is 0 Å². The molecule has 3 heteroatoms. The van der Waals surface area contributed by atoms with E-state index in [1.165, 1.54) is 41.5 Å². The van der Waals surface area contributed by atoms with Crippen LogP contribution in [0.5, 0.6) is 0 Å². The molecule has 0 saturated carbocycles. The fraction of sp³-hybridized carbons (Fsp3) is 0.375. The van der Waals surface area contributed by atoms with Crippen LogP contribution in [-0.2, 0) is 0 Å². The summed E-state index contributed by atoms with van der Waals surface area (Å²) in [5, 5.41) is 1.23. The summed E-state index contributed by atoms with van der Waals surface area (Å²) in [7, 11) is 0. The third-order valence-electron chi connectivity index (χ3n) is 5.59. The Balaban J connectivity index is 1.65. The highest BCUT2D eigenvalue weighted by Crippen LogP contribution is 2.32. The van der Waals surface area contributed by atoms with Crippen LogP contribution in [0.4, 0.5) is 5.82 Å². The number of pyridine rings is 1. The molecule has 1 aromatic heterocycles. The van der Waals surface area contributed by atoms with Crippen LogP contribution >= 0.6 is 0 Å². The normalized spacial score (nSPS) is 15.4. The fourth-order valence-corrected chi connectivity index (χ4v) is 3.88. The first-order valence-electron chi connectivity index (χ1n) is 10.2. The van der Waals surface area contributed by atoms with E-state index in [2.05, 4.69) is 78.2 Å². The van der Waals surface area contributed by atoms with Crippen molar-refractivity contribution in [3.8, 4) is 11.1 Å². The van der Waals surface area contributed by atoms with E-state index < -0.39 is 0 Å². The van der Waals surface area contributed by atoms with E-state index in [-0.39, 0.29) is 0 Å². The molecule has 0 radical (unpaired) electrons. The molecule has 2 aromatic carbocycles. The van der Waals surface area contributed by atoms with Crippen molar-refractivity contribution < 1.29 is 0 Å². The molecule has 0 N–H and O–H groups in total. The molecular weight excluding hydrogens is 330 g/mol. The number of fused-ring (bicyclic) bond motifs is 1. The SMILES string of the molecule is CCCCN1CCN(c2cc(-c3ccc(C)cc3)c3ccccc3n2)CC1. The number of hydrogen-bond acceptors (Lipinski definition) is 3. The molecule has 0 atom stereocenters. The zero-order chi connectivity index (χ0) is 18.6. The molecule has 0 amide bonds. The van der Waals surface area contributed by atoms with Crippen LogP contribution < -0.4 is 4.90 Å². The third-order valence-corrected chi connectivity index (χ3v) is 5.59. The van der Waals surface area contributed by atoms with Gasteiger partial charge in [0.15, 0.2) is 0 Å². The van der Waals surface area contributed by atoms with Gasteiger partial charge in [-0.3, -0.25) is 4.90 Å². The predicted molar refractivity (Wildman–Crippen MR) is 115 cm³/mol. The number of nitrogens with zero attached hydrogens (tertiary/aromatic N) is 3. The molecule has 0 aliphatic carbocycles. The van der Waals surface area contributed by atoms with E-state index in [0.29, 0.717) is 0 Å².